The predicted molar refractivity (Wildman–Crippen MR) is 113 cm³/mol. The second-order valence-electron chi connectivity index (χ2n) is 6.80. The highest BCUT2D eigenvalue weighted by atomic mass is 32.1. The van der Waals surface area contributed by atoms with Gasteiger partial charge in [0.2, 0.25) is 0 Å². The molecule has 8 nitrogen and oxygen atoms in total. The van der Waals surface area contributed by atoms with Crippen LogP contribution in [0.15, 0.2) is 30.6 Å². The topological polar surface area (TPSA) is 72.7 Å². The molecule has 0 saturated carbocycles. The van der Waals surface area contributed by atoms with Crippen LogP contribution < -0.4 is 9.64 Å². The van der Waals surface area contributed by atoms with Gasteiger partial charge in [-0.05, 0) is 19.1 Å². The Hall–Kier alpha value is -2.49. The normalized spacial score (nSPS) is 15.0. The van der Waals surface area contributed by atoms with Crippen LogP contribution in [0, 0.1) is 0 Å². The first kappa shape index (κ1) is 19.8. The molecule has 29 heavy (non-hydrogen) atoms. The molecule has 1 fully saturated rings. The lowest BCUT2D eigenvalue weighted by Gasteiger charge is -2.29. The van der Waals surface area contributed by atoms with E-state index in [1.54, 1.807) is 21.9 Å². The van der Waals surface area contributed by atoms with E-state index in [-0.39, 0.29) is 5.91 Å². The minimum atomic E-state index is -0.150. The van der Waals surface area contributed by atoms with Gasteiger partial charge in [0, 0.05) is 45.6 Å². The molecule has 1 aromatic carbocycles. The molecule has 0 N–H and O–H groups in total. The van der Waals surface area contributed by atoms with Gasteiger partial charge in [-0.15, -0.1) is 0 Å². The highest BCUT2D eigenvalue weighted by Gasteiger charge is 2.26. The van der Waals surface area contributed by atoms with Gasteiger partial charge in [0.1, 0.15) is 11.3 Å². The molecule has 1 aliphatic rings. The number of aryl methyl sites for hydroxylation is 1. The van der Waals surface area contributed by atoms with Gasteiger partial charge >= 0.3 is 0 Å². The maximum absolute atomic E-state index is 13.3. The SMILES string of the molecule is CCOc1cccc2sc(N(CCN3CCOCC3)C(=O)c3nccn3C)nc12. The third kappa shape index (κ3) is 4.26. The van der Waals surface area contributed by atoms with E-state index in [0.29, 0.717) is 24.1 Å². The van der Waals surface area contributed by atoms with E-state index in [2.05, 4.69) is 9.88 Å². The first-order valence-corrected chi connectivity index (χ1v) is 10.6. The third-order valence-electron chi connectivity index (χ3n) is 4.90. The number of carbonyl (C=O) groups is 1. The fourth-order valence-corrected chi connectivity index (χ4v) is 4.35. The number of para-hydroxylation sites is 1. The number of hydrogen-bond acceptors (Lipinski definition) is 7. The number of fused-ring (bicyclic) bond motifs is 1. The quantitative estimate of drug-likeness (QED) is 0.590. The number of thiazole rings is 1. The average Bonchev–Trinajstić information content (AvgIpc) is 3.36. The van der Waals surface area contributed by atoms with Gasteiger partial charge in [0.05, 0.1) is 24.5 Å². The van der Waals surface area contributed by atoms with E-state index in [1.807, 2.05) is 32.2 Å². The summed E-state index contributed by atoms with van der Waals surface area (Å²) in [5, 5.41) is 0.661. The molecule has 0 bridgehead atoms. The van der Waals surface area contributed by atoms with Crippen molar-refractivity contribution in [1.29, 1.82) is 0 Å². The van der Waals surface area contributed by atoms with Crippen LogP contribution in [0.4, 0.5) is 5.13 Å². The molecule has 0 unspecified atom stereocenters. The Labute approximate surface area is 173 Å². The summed E-state index contributed by atoms with van der Waals surface area (Å²) in [4.78, 5) is 26.4. The van der Waals surface area contributed by atoms with E-state index in [1.165, 1.54) is 11.3 Å². The zero-order chi connectivity index (χ0) is 20.2. The van der Waals surface area contributed by atoms with Crippen molar-refractivity contribution in [2.24, 2.45) is 7.05 Å². The summed E-state index contributed by atoms with van der Waals surface area (Å²) in [6.07, 6.45) is 3.41. The number of benzene rings is 1. The molecule has 1 aliphatic heterocycles. The monoisotopic (exact) mass is 415 g/mol. The van der Waals surface area contributed by atoms with Gasteiger partial charge in [-0.25, -0.2) is 9.97 Å². The Kier molecular flexibility index (Phi) is 6.08. The molecule has 154 valence electrons. The molecule has 3 aromatic rings. The predicted octanol–water partition coefficient (Wildman–Crippen LogP) is 2.41. The van der Waals surface area contributed by atoms with Crippen LogP contribution in [0.2, 0.25) is 0 Å². The first-order valence-electron chi connectivity index (χ1n) is 9.79. The standard InChI is InChI=1S/C20H25N5O3S/c1-3-28-15-5-4-6-16-17(15)22-20(29-16)25(10-9-24-11-13-27-14-12-24)19(26)18-21-7-8-23(18)2/h4-8H,3,9-14H2,1-2H3. The summed E-state index contributed by atoms with van der Waals surface area (Å²) in [6, 6.07) is 5.87. The number of morpholine rings is 1. The van der Waals surface area contributed by atoms with Crippen molar-refractivity contribution in [3.63, 3.8) is 0 Å². The summed E-state index contributed by atoms with van der Waals surface area (Å²) in [7, 11) is 1.83. The molecule has 2 aromatic heterocycles. The van der Waals surface area contributed by atoms with E-state index >= 15 is 0 Å². The molecule has 0 atom stereocenters. The molecular formula is C20H25N5O3S. The summed E-state index contributed by atoms with van der Waals surface area (Å²) in [5.41, 5.74) is 0.790. The number of carbonyl (C=O) groups excluding carboxylic acids is 1. The van der Waals surface area contributed by atoms with Crippen molar-refractivity contribution >= 4 is 32.6 Å². The molecule has 0 radical (unpaired) electrons. The fourth-order valence-electron chi connectivity index (χ4n) is 3.34. The number of amides is 1. The van der Waals surface area contributed by atoms with Crippen LogP contribution in [0.25, 0.3) is 10.2 Å². The number of imidazole rings is 1. The van der Waals surface area contributed by atoms with Crippen LogP contribution >= 0.6 is 11.3 Å². The number of nitrogens with zero attached hydrogens (tertiary/aromatic N) is 5. The van der Waals surface area contributed by atoms with Crippen molar-refractivity contribution < 1.29 is 14.3 Å². The number of hydrogen-bond donors (Lipinski definition) is 0. The van der Waals surface area contributed by atoms with Crippen LogP contribution in [0.1, 0.15) is 17.5 Å². The molecule has 1 saturated heterocycles. The van der Waals surface area contributed by atoms with Gasteiger partial charge in [0.25, 0.3) is 5.91 Å². The Morgan fingerprint density at radius 1 is 1.34 bits per heavy atom. The average molecular weight is 416 g/mol. The zero-order valence-electron chi connectivity index (χ0n) is 16.7. The van der Waals surface area contributed by atoms with Crippen molar-refractivity contribution in [2.75, 3.05) is 50.9 Å². The van der Waals surface area contributed by atoms with E-state index < -0.39 is 0 Å². The molecular weight excluding hydrogens is 390 g/mol. The van der Waals surface area contributed by atoms with Gasteiger partial charge in [-0.2, -0.15) is 0 Å². The Bertz CT molecular complexity index is 980. The minimum absolute atomic E-state index is 0.150. The third-order valence-corrected chi connectivity index (χ3v) is 5.95. The Balaban J connectivity index is 1.65. The molecule has 4 rings (SSSR count). The highest BCUT2D eigenvalue weighted by molar-refractivity contribution is 7.22. The summed E-state index contributed by atoms with van der Waals surface area (Å²) < 4.78 is 13.9. The second-order valence-corrected chi connectivity index (χ2v) is 7.81. The van der Waals surface area contributed by atoms with Crippen LogP contribution in [-0.4, -0.2) is 71.3 Å². The number of rotatable bonds is 7. The van der Waals surface area contributed by atoms with Gasteiger partial charge in [-0.3, -0.25) is 14.6 Å². The number of anilines is 1. The lowest BCUT2D eigenvalue weighted by molar-refractivity contribution is 0.0390. The highest BCUT2D eigenvalue weighted by Crippen LogP contribution is 2.34. The fraction of sp³-hybridized carbons (Fsp3) is 0.450. The van der Waals surface area contributed by atoms with Crippen molar-refractivity contribution in [1.82, 2.24) is 19.4 Å². The molecule has 0 spiro atoms. The summed E-state index contributed by atoms with van der Waals surface area (Å²) >= 11 is 1.50. The zero-order valence-corrected chi connectivity index (χ0v) is 17.5. The molecule has 0 aliphatic carbocycles. The van der Waals surface area contributed by atoms with Crippen molar-refractivity contribution in [3.8, 4) is 5.75 Å². The lowest BCUT2D eigenvalue weighted by Crippen LogP contribution is -2.43. The van der Waals surface area contributed by atoms with E-state index in [0.717, 1.165) is 48.8 Å². The van der Waals surface area contributed by atoms with E-state index in [4.69, 9.17) is 14.5 Å². The van der Waals surface area contributed by atoms with Crippen LogP contribution in [0.5, 0.6) is 5.75 Å². The van der Waals surface area contributed by atoms with E-state index in [9.17, 15) is 4.79 Å². The minimum Gasteiger partial charge on any atom is -0.492 e. The maximum Gasteiger partial charge on any atom is 0.296 e. The second kappa shape index (κ2) is 8.89. The van der Waals surface area contributed by atoms with Crippen LogP contribution in [-0.2, 0) is 11.8 Å². The maximum atomic E-state index is 13.3. The van der Waals surface area contributed by atoms with Gasteiger partial charge in [0.15, 0.2) is 11.0 Å². The smallest absolute Gasteiger partial charge is 0.296 e. The Morgan fingerprint density at radius 3 is 2.90 bits per heavy atom. The summed E-state index contributed by atoms with van der Waals surface area (Å²) in [6.45, 7) is 7.02. The molecule has 9 heteroatoms. The number of ether oxygens (including phenoxy) is 2. The molecule has 1 amide bonds. The number of aromatic nitrogens is 3. The molecule has 3 heterocycles. The van der Waals surface area contributed by atoms with Crippen molar-refractivity contribution in [3.05, 3.63) is 36.4 Å². The van der Waals surface area contributed by atoms with Crippen molar-refractivity contribution in [2.45, 2.75) is 6.92 Å². The first-order chi connectivity index (χ1) is 14.2. The largest absolute Gasteiger partial charge is 0.492 e. The lowest BCUT2D eigenvalue weighted by atomic mass is 10.3. The van der Waals surface area contributed by atoms with Gasteiger partial charge in [-0.1, -0.05) is 17.4 Å². The Morgan fingerprint density at radius 2 is 2.17 bits per heavy atom. The van der Waals surface area contributed by atoms with Crippen LogP contribution in [0.3, 0.4) is 0 Å². The van der Waals surface area contributed by atoms with Gasteiger partial charge < -0.3 is 14.0 Å². The summed E-state index contributed by atoms with van der Waals surface area (Å²) in [5.74, 6) is 0.990.